The van der Waals surface area contributed by atoms with Gasteiger partial charge in [-0.05, 0) is 42.8 Å². The standard InChI is InChI=1S/C21H18N2O5/c1-13(21(26)27)23-20(25)19-18(24)11-15(12-22-19)14-6-5-9-17(10-14)28-16-7-3-2-4-8-16/h2-13,24H,1H3,(H,23,25)(H,26,27). The lowest BCUT2D eigenvalue weighted by atomic mass is 10.1. The Morgan fingerprint density at radius 1 is 1.00 bits per heavy atom. The Morgan fingerprint density at radius 2 is 1.71 bits per heavy atom. The van der Waals surface area contributed by atoms with Gasteiger partial charge < -0.3 is 20.3 Å². The van der Waals surface area contributed by atoms with Gasteiger partial charge in [0.05, 0.1) is 0 Å². The summed E-state index contributed by atoms with van der Waals surface area (Å²) in [5.74, 6) is -0.984. The predicted molar refractivity (Wildman–Crippen MR) is 102 cm³/mol. The number of carbonyl (C=O) groups is 2. The van der Waals surface area contributed by atoms with E-state index in [2.05, 4.69) is 10.3 Å². The van der Waals surface area contributed by atoms with E-state index in [1.54, 1.807) is 18.2 Å². The average Bonchev–Trinajstić information content (AvgIpc) is 2.68. The third kappa shape index (κ3) is 4.45. The van der Waals surface area contributed by atoms with Gasteiger partial charge in [-0.2, -0.15) is 0 Å². The first kappa shape index (κ1) is 18.9. The molecule has 0 saturated heterocycles. The van der Waals surface area contributed by atoms with Gasteiger partial charge in [-0.15, -0.1) is 0 Å². The van der Waals surface area contributed by atoms with Crippen molar-refractivity contribution in [2.45, 2.75) is 13.0 Å². The maximum absolute atomic E-state index is 12.1. The molecule has 1 unspecified atom stereocenters. The van der Waals surface area contributed by atoms with E-state index < -0.39 is 17.9 Å². The molecule has 7 nitrogen and oxygen atoms in total. The second kappa shape index (κ2) is 8.22. The summed E-state index contributed by atoms with van der Waals surface area (Å²) in [5, 5.41) is 21.3. The molecule has 0 saturated carbocycles. The van der Waals surface area contributed by atoms with E-state index in [0.717, 1.165) is 5.56 Å². The van der Waals surface area contributed by atoms with E-state index in [1.807, 2.05) is 36.4 Å². The highest BCUT2D eigenvalue weighted by Gasteiger charge is 2.19. The van der Waals surface area contributed by atoms with Crippen molar-refractivity contribution >= 4 is 11.9 Å². The number of aliphatic carboxylic acids is 1. The molecule has 1 aromatic heterocycles. The fourth-order valence-electron chi connectivity index (χ4n) is 2.48. The van der Waals surface area contributed by atoms with Crippen molar-refractivity contribution in [3.63, 3.8) is 0 Å². The zero-order chi connectivity index (χ0) is 20.1. The molecule has 3 N–H and O–H groups in total. The number of aromatic hydroxyl groups is 1. The number of nitrogens with zero attached hydrogens (tertiary/aromatic N) is 1. The van der Waals surface area contributed by atoms with Crippen LogP contribution in [0.25, 0.3) is 11.1 Å². The number of carbonyl (C=O) groups excluding carboxylic acids is 1. The second-order valence-electron chi connectivity index (χ2n) is 6.07. The maximum Gasteiger partial charge on any atom is 0.325 e. The molecule has 0 bridgehead atoms. The van der Waals surface area contributed by atoms with Crippen LogP contribution in [0.5, 0.6) is 17.2 Å². The van der Waals surface area contributed by atoms with E-state index in [9.17, 15) is 14.7 Å². The third-order valence-electron chi connectivity index (χ3n) is 3.95. The van der Waals surface area contributed by atoms with Gasteiger partial charge in [0.25, 0.3) is 5.91 Å². The highest BCUT2D eigenvalue weighted by atomic mass is 16.5. The fourth-order valence-corrected chi connectivity index (χ4v) is 2.48. The highest BCUT2D eigenvalue weighted by Crippen LogP contribution is 2.29. The van der Waals surface area contributed by atoms with Gasteiger partial charge in [-0.25, -0.2) is 4.98 Å². The van der Waals surface area contributed by atoms with Crippen molar-refractivity contribution in [1.29, 1.82) is 0 Å². The molecule has 3 rings (SSSR count). The Balaban J connectivity index is 1.81. The van der Waals surface area contributed by atoms with Crippen molar-refractivity contribution in [3.05, 3.63) is 72.6 Å². The predicted octanol–water partition coefficient (Wildman–Crippen LogP) is 3.45. The van der Waals surface area contributed by atoms with E-state index in [4.69, 9.17) is 9.84 Å². The number of hydrogen-bond acceptors (Lipinski definition) is 5. The summed E-state index contributed by atoms with van der Waals surface area (Å²) in [6.07, 6.45) is 1.43. The normalized spacial score (nSPS) is 11.5. The molecule has 142 valence electrons. The summed E-state index contributed by atoms with van der Waals surface area (Å²) in [6, 6.07) is 16.8. The summed E-state index contributed by atoms with van der Waals surface area (Å²) in [6.45, 7) is 1.32. The fraction of sp³-hybridized carbons (Fsp3) is 0.0952. The van der Waals surface area contributed by atoms with Crippen LogP contribution in [0.1, 0.15) is 17.4 Å². The number of carboxylic acids is 1. The lowest BCUT2D eigenvalue weighted by molar-refractivity contribution is -0.138. The molecule has 2 aromatic carbocycles. The Bertz CT molecular complexity index is 1000. The Hall–Kier alpha value is -3.87. The van der Waals surface area contributed by atoms with Crippen molar-refractivity contribution in [1.82, 2.24) is 10.3 Å². The summed E-state index contributed by atoms with van der Waals surface area (Å²) in [7, 11) is 0. The summed E-state index contributed by atoms with van der Waals surface area (Å²) in [4.78, 5) is 26.9. The topological polar surface area (TPSA) is 109 Å². The van der Waals surface area contributed by atoms with Crippen LogP contribution in [0.15, 0.2) is 66.9 Å². The van der Waals surface area contributed by atoms with Crippen LogP contribution in [-0.4, -0.2) is 33.1 Å². The minimum atomic E-state index is -1.18. The van der Waals surface area contributed by atoms with E-state index in [-0.39, 0.29) is 11.4 Å². The van der Waals surface area contributed by atoms with Crippen LogP contribution in [0.2, 0.25) is 0 Å². The maximum atomic E-state index is 12.1. The first-order valence-corrected chi connectivity index (χ1v) is 8.50. The first-order valence-electron chi connectivity index (χ1n) is 8.50. The SMILES string of the molecule is CC(NC(=O)c1ncc(-c2cccc(Oc3ccccc3)c2)cc1O)C(=O)O. The number of rotatable bonds is 6. The van der Waals surface area contributed by atoms with Gasteiger partial charge in [0, 0.05) is 11.8 Å². The lowest BCUT2D eigenvalue weighted by Gasteiger charge is -2.11. The van der Waals surface area contributed by atoms with Gasteiger partial charge in [0.15, 0.2) is 5.69 Å². The number of carboxylic acid groups (broad SMARTS) is 1. The van der Waals surface area contributed by atoms with Crippen LogP contribution < -0.4 is 10.1 Å². The monoisotopic (exact) mass is 378 g/mol. The number of benzene rings is 2. The van der Waals surface area contributed by atoms with Crippen LogP contribution >= 0.6 is 0 Å². The van der Waals surface area contributed by atoms with Gasteiger partial charge in [-0.1, -0.05) is 30.3 Å². The molecular formula is C21H18N2O5. The van der Waals surface area contributed by atoms with Crippen molar-refractivity contribution in [2.24, 2.45) is 0 Å². The second-order valence-corrected chi connectivity index (χ2v) is 6.07. The number of amides is 1. The highest BCUT2D eigenvalue weighted by molar-refractivity contribution is 5.97. The largest absolute Gasteiger partial charge is 0.505 e. The summed E-state index contributed by atoms with van der Waals surface area (Å²) < 4.78 is 5.80. The Morgan fingerprint density at radius 3 is 2.39 bits per heavy atom. The third-order valence-corrected chi connectivity index (χ3v) is 3.95. The van der Waals surface area contributed by atoms with Crippen molar-refractivity contribution in [2.75, 3.05) is 0 Å². The number of pyridine rings is 1. The molecule has 0 aliphatic heterocycles. The molecule has 0 spiro atoms. The molecule has 0 aliphatic carbocycles. The Kier molecular flexibility index (Phi) is 5.55. The quantitative estimate of drug-likeness (QED) is 0.606. The smallest absolute Gasteiger partial charge is 0.325 e. The number of ether oxygens (including phenoxy) is 1. The molecule has 0 aliphatic rings. The summed E-state index contributed by atoms with van der Waals surface area (Å²) in [5.41, 5.74) is 1.08. The van der Waals surface area contributed by atoms with E-state index in [0.29, 0.717) is 17.1 Å². The molecule has 1 amide bonds. The average molecular weight is 378 g/mol. The number of para-hydroxylation sites is 1. The molecule has 0 fully saturated rings. The zero-order valence-electron chi connectivity index (χ0n) is 15.0. The Labute approximate surface area is 161 Å². The molecule has 0 radical (unpaired) electrons. The van der Waals surface area contributed by atoms with E-state index in [1.165, 1.54) is 19.2 Å². The number of aromatic nitrogens is 1. The summed E-state index contributed by atoms with van der Waals surface area (Å²) >= 11 is 0. The van der Waals surface area contributed by atoms with E-state index >= 15 is 0 Å². The molecule has 1 atom stereocenters. The van der Waals surface area contributed by atoms with Crippen molar-refractivity contribution < 1.29 is 24.5 Å². The van der Waals surface area contributed by atoms with Crippen LogP contribution in [-0.2, 0) is 4.79 Å². The van der Waals surface area contributed by atoms with Crippen LogP contribution in [0.3, 0.4) is 0 Å². The first-order chi connectivity index (χ1) is 13.4. The van der Waals surface area contributed by atoms with Crippen LogP contribution in [0, 0.1) is 0 Å². The molecule has 28 heavy (non-hydrogen) atoms. The number of hydrogen-bond donors (Lipinski definition) is 3. The molecular weight excluding hydrogens is 360 g/mol. The van der Waals surface area contributed by atoms with Gasteiger partial charge >= 0.3 is 5.97 Å². The minimum absolute atomic E-state index is 0.242. The zero-order valence-corrected chi connectivity index (χ0v) is 15.0. The van der Waals surface area contributed by atoms with Crippen LogP contribution in [0.4, 0.5) is 0 Å². The molecule has 3 aromatic rings. The minimum Gasteiger partial charge on any atom is -0.505 e. The molecule has 7 heteroatoms. The lowest BCUT2D eigenvalue weighted by Crippen LogP contribution is -2.38. The molecule has 1 heterocycles. The number of nitrogens with one attached hydrogen (secondary N) is 1. The van der Waals surface area contributed by atoms with Gasteiger partial charge in [0.1, 0.15) is 23.3 Å². The van der Waals surface area contributed by atoms with Crippen molar-refractivity contribution in [3.8, 4) is 28.4 Å². The van der Waals surface area contributed by atoms with Gasteiger partial charge in [-0.3, -0.25) is 9.59 Å². The van der Waals surface area contributed by atoms with Gasteiger partial charge in [0.2, 0.25) is 0 Å².